The minimum absolute atomic E-state index is 0.184. The maximum Gasteiger partial charge on any atom is 0.222 e. The first kappa shape index (κ1) is 19.1. The van der Waals surface area contributed by atoms with Gasteiger partial charge in [-0.3, -0.25) is 14.8 Å². The minimum Gasteiger partial charge on any atom is -0.342 e. The van der Waals surface area contributed by atoms with Gasteiger partial charge < -0.3 is 4.90 Å². The highest BCUT2D eigenvalue weighted by Crippen LogP contribution is 2.31. The highest BCUT2D eigenvalue weighted by Gasteiger charge is 2.29. The van der Waals surface area contributed by atoms with Crippen LogP contribution in [0.3, 0.4) is 0 Å². The molecule has 2 aromatic heterocycles. The van der Waals surface area contributed by atoms with Crippen LogP contribution in [0, 0.1) is 17.2 Å². The van der Waals surface area contributed by atoms with E-state index < -0.39 is 0 Å². The summed E-state index contributed by atoms with van der Waals surface area (Å²) in [7, 11) is 0. The Bertz CT molecular complexity index is 1060. The van der Waals surface area contributed by atoms with Crippen LogP contribution < -0.4 is 0 Å². The molecule has 1 aliphatic rings. The Labute approximate surface area is 171 Å². The third kappa shape index (κ3) is 4.27. The van der Waals surface area contributed by atoms with E-state index >= 15 is 0 Å². The molecule has 4 rings (SSSR count). The molecule has 5 heteroatoms. The number of aryl methyl sites for hydroxylation is 1. The number of hydrogen-bond donors (Lipinski definition) is 0. The number of rotatable bonds is 4. The van der Waals surface area contributed by atoms with Gasteiger partial charge in [-0.1, -0.05) is 31.2 Å². The Kier molecular flexibility index (Phi) is 5.53. The first-order valence-electron chi connectivity index (χ1n) is 10.1. The van der Waals surface area contributed by atoms with Gasteiger partial charge in [-0.2, -0.15) is 5.26 Å². The summed E-state index contributed by atoms with van der Waals surface area (Å²) in [6.45, 7) is 3.66. The van der Waals surface area contributed by atoms with Crippen LogP contribution in [0.4, 0.5) is 0 Å². The summed E-state index contributed by atoms with van der Waals surface area (Å²) in [4.78, 5) is 23.8. The van der Waals surface area contributed by atoms with Gasteiger partial charge in [0.15, 0.2) is 0 Å². The summed E-state index contributed by atoms with van der Waals surface area (Å²) < 4.78 is 0. The summed E-state index contributed by atoms with van der Waals surface area (Å²) in [5, 5.41) is 10.4. The second kappa shape index (κ2) is 8.40. The highest BCUT2D eigenvalue weighted by molar-refractivity contribution is 5.84. The third-order valence-corrected chi connectivity index (χ3v) is 5.64. The summed E-state index contributed by atoms with van der Waals surface area (Å²) in [5.41, 5.74) is 3.40. The summed E-state index contributed by atoms with van der Waals surface area (Å²) in [5.74, 6) is 0.793. The van der Waals surface area contributed by atoms with Crippen molar-refractivity contribution in [1.29, 1.82) is 5.26 Å². The monoisotopic (exact) mass is 384 g/mol. The first-order chi connectivity index (χ1) is 14.1. The number of benzene rings is 1. The number of pyridine rings is 2. The van der Waals surface area contributed by atoms with E-state index in [0.29, 0.717) is 30.9 Å². The fraction of sp³-hybridized carbons (Fsp3) is 0.333. The number of amides is 1. The lowest BCUT2D eigenvalue weighted by molar-refractivity contribution is -0.133. The largest absolute Gasteiger partial charge is 0.342 e. The van der Waals surface area contributed by atoms with Gasteiger partial charge in [-0.15, -0.1) is 0 Å². The zero-order valence-corrected chi connectivity index (χ0v) is 16.6. The van der Waals surface area contributed by atoms with E-state index in [1.807, 2.05) is 47.5 Å². The van der Waals surface area contributed by atoms with Crippen molar-refractivity contribution in [3.05, 3.63) is 71.7 Å². The van der Waals surface area contributed by atoms with Gasteiger partial charge in [-0.25, -0.2) is 0 Å². The molecule has 1 saturated heterocycles. The third-order valence-electron chi connectivity index (χ3n) is 5.64. The normalized spacial score (nSPS) is 19.1. The van der Waals surface area contributed by atoms with Crippen LogP contribution in [0.2, 0.25) is 0 Å². The predicted molar refractivity (Wildman–Crippen MR) is 112 cm³/mol. The number of para-hydroxylation sites is 1. The number of carbonyl (C=O) groups is 1. The van der Waals surface area contributed by atoms with Crippen molar-refractivity contribution in [2.45, 2.75) is 32.1 Å². The van der Waals surface area contributed by atoms with E-state index in [4.69, 9.17) is 4.98 Å². The zero-order chi connectivity index (χ0) is 20.2. The number of carbonyl (C=O) groups excluding carboxylic acids is 1. The summed E-state index contributed by atoms with van der Waals surface area (Å²) in [6, 6.07) is 15.9. The molecule has 0 aliphatic carbocycles. The average Bonchev–Trinajstić information content (AvgIpc) is 2.77. The zero-order valence-electron chi connectivity index (χ0n) is 16.6. The molecule has 0 saturated carbocycles. The van der Waals surface area contributed by atoms with Crippen LogP contribution in [0.5, 0.6) is 0 Å². The number of likely N-dealkylation sites (tertiary alicyclic amines) is 1. The first-order valence-corrected chi connectivity index (χ1v) is 10.1. The van der Waals surface area contributed by atoms with E-state index in [9.17, 15) is 10.1 Å². The maximum atomic E-state index is 12.8. The Balaban J connectivity index is 1.51. The molecule has 0 N–H and O–H groups in total. The molecule has 1 amide bonds. The second-order valence-corrected chi connectivity index (χ2v) is 7.92. The van der Waals surface area contributed by atoms with Gasteiger partial charge in [0.1, 0.15) is 6.07 Å². The summed E-state index contributed by atoms with van der Waals surface area (Å²) in [6.07, 6.45) is 5.77. The molecule has 0 radical (unpaired) electrons. The van der Waals surface area contributed by atoms with E-state index in [-0.39, 0.29) is 11.8 Å². The molecule has 1 aromatic carbocycles. The Morgan fingerprint density at radius 2 is 2.10 bits per heavy atom. The van der Waals surface area contributed by atoms with E-state index in [2.05, 4.69) is 18.0 Å². The van der Waals surface area contributed by atoms with Gasteiger partial charge in [0.25, 0.3) is 0 Å². The quantitative estimate of drug-likeness (QED) is 0.679. The molecular formula is C24H24N4O. The lowest BCUT2D eigenvalue weighted by Crippen LogP contribution is -2.42. The fourth-order valence-corrected chi connectivity index (χ4v) is 4.20. The molecule has 146 valence electrons. The van der Waals surface area contributed by atoms with Gasteiger partial charge in [-0.05, 0) is 42.5 Å². The van der Waals surface area contributed by atoms with Gasteiger partial charge in [0, 0.05) is 48.9 Å². The standard InChI is InChI=1S/C24H24N4O/c1-17-12-21(22-9-8-19-5-2-6-20(13-25)24(19)27-22)16-28(15-17)23(29)10-7-18-4-3-11-26-14-18/h2-6,8-9,11,14,17,21H,7,10,12,15-16H2,1H3/t17-,21-/m1/s1. The van der Waals surface area contributed by atoms with Crippen molar-refractivity contribution >= 4 is 16.8 Å². The predicted octanol–water partition coefficient (Wildman–Crippen LogP) is 4.09. The van der Waals surface area contributed by atoms with E-state index in [1.165, 1.54) is 0 Å². The molecule has 2 atom stereocenters. The summed E-state index contributed by atoms with van der Waals surface area (Å²) >= 11 is 0. The molecule has 29 heavy (non-hydrogen) atoms. The van der Waals surface area contributed by atoms with Crippen molar-refractivity contribution in [3.63, 3.8) is 0 Å². The van der Waals surface area contributed by atoms with E-state index in [1.54, 1.807) is 12.3 Å². The molecule has 0 bridgehead atoms. The molecular weight excluding hydrogens is 360 g/mol. The number of hydrogen-bond acceptors (Lipinski definition) is 4. The van der Waals surface area contributed by atoms with Crippen molar-refractivity contribution in [1.82, 2.24) is 14.9 Å². The molecule has 1 aliphatic heterocycles. The van der Waals surface area contributed by atoms with Gasteiger partial charge in [0.05, 0.1) is 11.1 Å². The Hall–Kier alpha value is -3.26. The van der Waals surface area contributed by atoms with Crippen LogP contribution in [-0.4, -0.2) is 33.9 Å². The van der Waals surface area contributed by atoms with E-state index in [0.717, 1.165) is 35.1 Å². The number of piperidine rings is 1. The fourth-order valence-electron chi connectivity index (χ4n) is 4.20. The van der Waals surface area contributed by atoms with Crippen LogP contribution in [-0.2, 0) is 11.2 Å². The molecule has 5 nitrogen and oxygen atoms in total. The molecule has 0 unspecified atom stereocenters. The SMILES string of the molecule is C[C@@H]1C[C@@H](c2ccc3cccc(C#N)c3n2)CN(C(=O)CCc2cccnc2)C1. The molecule has 3 aromatic rings. The molecule has 1 fully saturated rings. The number of nitriles is 1. The Morgan fingerprint density at radius 3 is 2.90 bits per heavy atom. The van der Waals surface area contributed by atoms with Crippen LogP contribution in [0.1, 0.15) is 42.5 Å². The number of aromatic nitrogens is 2. The van der Waals surface area contributed by atoms with Crippen LogP contribution in [0.25, 0.3) is 10.9 Å². The average molecular weight is 384 g/mol. The highest BCUT2D eigenvalue weighted by atomic mass is 16.2. The Morgan fingerprint density at radius 1 is 1.21 bits per heavy atom. The van der Waals surface area contributed by atoms with Crippen molar-refractivity contribution in [3.8, 4) is 6.07 Å². The van der Waals surface area contributed by atoms with Gasteiger partial charge in [0.2, 0.25) is 5.91 Å². The van der Waals surface area contributed by atoms with Crippen molar-refractivity contribution in [2.24, 2.45) is 5.92 Å². The lowest BCUT2D eigenvalue weighted by Gasteiger charge is -2.36. The number of fused-ring (bicyclic) bond motifs is 1. The molecule has 0 spiro atoms. The lowest BCUT2D eigenvalue weighted by atomic mass is 9.87. The topological polar surface area (TPSA) is 69.9 Å². The van der Waals surface area contributed by atoms with Crippen LogP contribution >= 0.6 is 0 Å². The van der Waals surface area contributed by atoms with Crippen molar-refractivity contribution < 1.29 is 4.79 Å². The minimum atomic E-state index is 0.184. The van der Waals surface area contributed by atoms with Crippen molar-refractivity contribution in [2.75, 3.05) is 13.1 Å². The maximum absolute atomic E-state index is 12.8. The van der Waals surface area contributed by atoms with Crippen LogP contribution in [0.15, 0.2) is 54.9 Å². The molecule has 3 heterocycles. The smallest absolute Gasteiger partial charge is 0.222 e. The van der Waals surface area contributed by atoms with Gasteiger partial charge >= 0.3 is 0 Å². The number of nitrogens with zero attached hydrogens (tertiary/aromatic N) is 4. The second-order valence-electron chi connectivity index (χ2n) is 7.92.